The van der Waals surface area contributed by atoms with Gasteiger partial charge in [0.1, 0.15) is 13.5 Å². The first-order valence-electron chi connectivity index (χ1n) is 14.1. The zero-order valence-electron chi connectivity index (χ0n) is 24.4. The van der Waals surface area contributed by atoms with Crippen LogP contribution in [0.2, 0.25) is 16.6 Å². The van der Waals surface area contributed by atoms with Gasteiger partial charge in [-0.1, -0.05) is 60.8 Å². The summed E-state index contributed by atoms with van der Waals surface area (Å²) in [5, 5.41) is 0. The molecule has 1 amide bonds. The number of methoxy groups -OCH3 is 2. The summed E-state index contributed by atoms with van der Waals surface area (Å²) in [7, 11) is 1.06. The van der Waals surface area contributed by atoms with Crippen molar-refractivity contribution >= 4 is 14.2 Å². The number of pyridine rings is 1. The maximum Gasteiger partial charge on any atom is 0.259 e. The van der Waals surface area contributed by atoms with E-state index >= 15 is 0 Å². The highest BCUT2D eigenvalue weighted by atomic mass is 28.4. The van der Waals surface area contributed by atoms with Crippen LogP contribution in [0, 0.1) is 5.92 Å². The van der Waals surface area contributed by atoms with Gasteiger partial charge < -0.3 is 23.5 Å². The van der Waals surface area contributed by atoms with Gasteiger partial charge in [-0.15, -0.1) is 0 Å². The van der Waals surface area contributed by atoms with E-state index in [1.165, 1.54) is 31.2 Å². The van der Waals surface area contributed by atoms with Gasteiger partial charge in [0, 0.05) is 32.5 Å². The van der Waals surface area contributed by atoms with Crippen LogP contribution in [0.1, 0.15) is 78.5 Å². The van der Waals surface area contributed by atoms with Crippen LogP contribution in [0.15, 0.2) is 18.3 Å². The Hall–Kier alpha value is -1.32. The van der Waals surface area contributed by atoms with Crippen LogP contribution >= 0.6 is 0 Å². The van der Waals surface area contributed by atoms with Crippen molar-refractivity contribution in [2.45, 2.75) is 108 Å². The number of aryl methyl sites for hydroxylation is 1. The Balaban J connectivity index is 1.85. The minimum Gasteiger partial charge on any atom is -0.414 e. The third-order valence-corrected chi connectivity index (χ3v) is 14.6. The van der Waals surface area contributed by atoms with Crippen LogP contribution < -0.4 is 0 Å². The molecule has 3 rings (SSSR count). The summed E-state index contributed by atoms with van der Waals surface area (Å²) in [5.41, 5.74) is 2.40. The molecule has 1 saturated carbocycles. The second-order valence-corrected chi connectivity index (χ2v) is 17.4. The largest absolute Gasteiger partial charge is 0.414 e. The lowest BCUT2D eigenvalue weighted by molar-refractivity contribution is -0.237. The quantitative estimate of drug-likeness (QED) is 0.145. The predicted molar refractivity (Wildman–Crippen MR) is 149 cm³/mol. The second kappa shape index (κ2) is 13.2. The molecule has 0 aromatic carbocycles. The number of rotatable bonds is 17. The number of aromatic nitrogens is 1. The maximum absolute atomic E-state index is 13.7. The monoisotopic (exact) mass is 534 g/mol. The van der Waals surface area contributed by atoms with E-state index in [0.717, 1.165) is 18.0 Å². The molecule has 37 heavy (non-hydrogen) atoms. The zero-order chi connectivity index (χ0) is 27.2. The summed E-state index contributed by atoms with van der Waals surface area (Å²) < 4.78 is 23.9. The van der Waals surface area contributed by atoms with E-state index in [2.05, 4.69) is 58.7 Å². The van der Waals surface area contributed by atoms with E-state index in [-0.39, 0.29) is 25.5 Å². The Morgan fingerprint density at radius 2 is 1.76 bits per heavy atom. The lowest BCUT2D eigenvalue weighted by Crippen LogP contribution is -2.78. The Morgan fingerprint density at radius 3 is 2.32 bits per heavy atom. The SMILES string of the molecule is COCO[C@@]1(Cc2cc(CCCC3CC3)ccn2)C(=O)N(COC)[C@H]1CO[Si](C(C)C)(C(C)C)C(C)C. The Bertz CT molecular complexity index is 854. The van der Waals surface area contributed by atoms with E-state index in [9.17, 15) is 4.79 Å². The van der Waals surface area contributed by atoms with Crippen molar-refractivity contribution in [2.75, 3.05) is 34.4 Å². The van der Waals surface area contributed by atoms with Crippen molar-refractivity contribution in [1.29, 1.82) is 0 Å². The zero-order valence-corrected chi connectivity index (χ0v) is 25.4. The highest BCUT2D eigenvalue weighted by Gasteiger charge is 2.63. The Kier molecular flexibility index (Phi) is 10.7. The normalized spacial score (nSPS) is 22.4. The molecule has 7 nitrogen and oxygen atoms in total. The van der Waals surface area contributed by atoms with Crippen molar-refractivity contribution in [1.82, 2.24) is 9.88 Å². The van der Waals surface area contributed by atoms with Crippen LogP contribution in [0.5, 0.6) is 0 Å². The summed E-state index contributed by atoms with van der Waals surface area (Å²) >= 11 is 0. The highest BCUT2D eigenvalue weighted by Crippen LogP contribution is 2.45. The second-order valence-electron chi connectivity index (χ2n) is 11.9. The van der Waals surface area contributed by atoms with Crippen molar-refractivity contribution in [3.8, 4) is 0 Å². The van der Waals surface area contributed by atoms with Gasteiger partial charge >= 0.3 is 0 Å². The molecule has 1 aliphatic heterocycles. The molecule has 1 aromatic rings. The molecule has 0 N–H and O–H groups in total. The third-order valence-electron chi connectivity index (χ3n) is 8.54. The number of carbonyl (C=O) groups excluding carboxylic acids is 1. The Morgan fingerprint density at radius 1 is 1.08 bits per heavy atom. The molecule has 210 valence electrons. The molecule has 1 saturated heterocycles. The summed E-state index contributed by atoms with van der Waals surface area (Å²) in [5.74, 6) is 0.845. The fourth-order valence-corrected chi connectivity index (χ4v) is 12.0. The molecule has 0 spiro atoms. The van der Waals surface area contributed by atoms with Crippen molar-refractivity contribution in [2.24, 2.45) is 5.92 Å². The topological polar surface area (TPSA) is 70.1 Å². The van der Waals surface area contributed by atoms with Gasteiger partial charge in [0.2, 0.25) is 0 Å². The van der Waals surface area contributed by atoms with Gasteiger partial charge in [-0.2, -0.15) is 0 Å². The van der Waals surface area contributed by atoms with Crippen molar-refractivity contribution < 1.29 is 23.4 Å². The van der Waals surface area contributed by atoms with Crippen LogP contribution in [0.4, 0.5) is 0 Å². The van der Waals surface area contributed by atoms with Crippen molar-refractivity contribution in [3.63, 3.8) is 0 Å². The van der Waals surface area contributed by atoms with Gasteiger partial charge in [-0.3, -0.25) is 9.78 Å². The molecule has 2 atom stereocenters. The number of β-lactam (4-membered cyclic amide) rings is 1. The first kappa shape index (κ1) is 30.2. The molecular weight excluding hydrogens is 484 g/mol. The fourth-order valence-electron chi connectivity index (χ4n) is 6.57. The average molecular weight is 535 g/mol. The lowest BCUT2D eigenvalue weighted by atomic mass is 9.78. The van der Waals surface area contributed by atoms with E-state index in [4.69, 9.17) is 18.6 Å². The molecule has 1 aromatic heterocycles. The molecule has 0 unspecified atom stereocenters. The molecule has 0 radical (unpaired) electrons. The first-order chi connectivity index (χ1) is 17.6. The van der Waals surface area contributed by atoms with Crippen LogP contribution in [0.25, 0.3) is 0 Å². The number of hydrogen-bond acceptors (Lipinski definition) is 6. The van der Waals surface area contributed by atoms with Gasteiger partial charge in [-0.05, 0) is 53.1 Å². The minimum absolute atomic E-state index is 0.0330. The third kappa shape index (κ3) is 6.64. The smallest absolute Gasteiger partial charge is 0.259 e. The number of amides is 1. The van der Waals surface area contributed by atoms with Crippen LogP contribution in [-0.4, -0.2) is 70.1 Å². The molecule has 2 aliphatic rings. The number of likely N-dealkylation sites (tertiary alicyclic amines) is 1. The first-order valence-corrected chi connectivity index (χ1v) is 16.3. The lowest BCUT2D eigenvalue weighted by Gasteiger charge is -2.56. The van der Waals surface area contributed by atoms with Gasteiger partial charge in [-0.25, -0.2) is 0 Å². The van der Waals surface area contributed by atoms with E-state index in [0.29, 0.717) is 29.7 Å². The van der Waals surface area contributed by atoms with Gasteiger partial charge in [0.05, 0.1) is 12.6 Å². The summed E-state index contributed by atoms with van der Waals surface area (Å²) in [4.78, 5) is 20.0. The highest BCUT2D eigenvalue weighted by molar-refractivity contribution is 6.77. The molecular formula is C29H50N2O5Si. The summed E-state index contributed by atoms with van der Waals surface area (Å²) in [6.07, 6.45) is 8.57. The Labute approximate surface area is 225 Å². The van der Waals surface area contributed by atoms with E-state index in [1.807, 2.05) is 6.20 Å². The summed E-state index contributed by atoms with van der Waals surface area (Å²) in [6, 6.07) is 3.95. The molecule has 2 heterocycles. The maximum atomic E-state index is 13.7. The number of hydrogen-bond donors (Lipinski definition) is 0. The average Bonchev–Trinajstić information content (AvgIpc) is 3.67. The van der Waals surface area contributed by atoms with Gasteiger partial charge in [0.25, 0.3) is 5.91 Å². The number of carbonyl (C=O) groups is 1. The minimum atomic E-state index is -2.14. The predicted octanol–water partition coefficient (Wildman–Crippen LogP) is 5.72. The molecule has 2 fully saturated rings. The fraction of sp³-hybridized carbons (Fsp3) is 0.793. The number of nitrogens with zero attached hydrogens (tertiary/aromatic N) is 2. The standard InChI is InChI=1S/C29H50N2O5Si/c1-21(2)37(22(3)4,23(5)6)36-18-27-29(35-20-34-8,28(32)31(27)19-33-7)17-26-16-25(14-15-30-26)11-9-10-24-12-13-24/h14-16,21-24,27H,9-13,17-20H2,1-8H3/t27-,29+/m0/s1. The van der Waals surface area contributed by atoms with E-state index < -0.39 is 13.9 Å². The molecule has 8 heteroatoms. The molecule has 0 bridgehead atoms. The van der Waals surface area contributed by atoms with E-state index in [1.54, 1.807) is 19.1 Å². The number of ether oxygens (including phenoxy) is 3. The van der Waals surface area contributed by atoms with Gasteiger partial charge in [0.15, 0.2) is 13.9 Å². The molecule has 1 aliphatic carbocycles. The van der Waals surface area contributed by atoms with Crippen LogP contribution in [-0.2, 0) is 36.3 Å². The van der Waals surface area contributed by atoms with Crippen molar-refractivity contribution in [3.05, 3.63) is 29.6 Å². The van der Waals surface area contributed by atoms with Crippen LogP contribution in [0.3, 0.4) is 0 Å². The summed E-state index contributed by atoms with van der Waals surface area (Å²) in [6.45, 7) is 14.3.